The number of aromatic amines is 1. The first-order chi connectivity index (χ1) is 10.0. The molecule has 0 bridgehead atoms. The van der Waals surface area contributed by atoms with Gasteiger partial charge in [0, 0.05) is 25.4 Å². The second-order valence-electron chi connectivity index (χ2n) is 4.62. The highest BCUT2D eigenvalue weighted by atomic mass is 32.2. The molecule has 0 aliphatic rings. The summed E-state index contributed by atoms with van der Waals surface area (Å²) in [5.74, 6) is 0. The molecule has 5 nitrogen and oxygen atoms in total. The number of aromatic nitrogens is 1. The number of likely N-dealkylation sites (N-methyl/N-ethyl adjacent to an activating group) is 1. The number of hydrogen-bond donors (Lipinski definition) is 1. The molecule has 0 atom stereocenters. The zero-order valence-corrected chi connectivity index (χ0v) is 12.6. The van der Waals surface area contributed by atoms with Crippen LogP contribution in [-0.4, -0.2) is 30.8 Å². The second kappa shape index (κ2) is 6.69. The van der Waals surface area contributed by atoms with Gasteiger partial charge in [0.15, 0.2) is 0 Å². The molecule has 0 fully saturated rings. The van der Waals surface area contributed by atoms with Gasteiger partial charge >= 0.3 is 0 Å². The smallest absolute Gasteiger partial charge is 0.247 e. The molecule has 21 heavy (non-hydrogen) atoms. The van der Waals surface area contributed by atoms with Gasteiger partial charge in [0.1, 0.15) is 0 Å². The van der Waals surface area contributed by atoms with Crippen LogP contribution in [0.4, 0.5) is 0 Å². The fraction of sp³-hybridized carbons (Fsp3) is 0.267. The maximum Gasteiger partial charge on any atom is 0.247 e. The molecule has 0 saturated carbocycles. The van der Waals surface area contributed by atoms with Gasteiger partial charge in [-0.2, -0.15) is 4.31 Å². The van der Waals surface area contributed by atoms with Crippen LogP contribution in [0.25, 0.3) is 0 Å². The van der Waals surface area contributed by atoms with Crippen molar-refractivity contribution in [3.05, 3.63) is 64.6 Å². The Hall–Kier alpha value is -1.92. The summed E-state index contributed by atoms with van der Waals surface area (Å²) in [5, 5.41) is 0. The monoisotopic (exact) mass is 306 g/mol. The van der Waals surface area contributed by atoms with Crippen LogP contribution in [0.1, 0.15) is 12.5 Å². The molecule has 0 radical (unpaired) electrons. The third-order valence-electron chi connectivity index (χ3n) is 3.24. The number of benzene rings is 1. The van der Waals surface area contributed by atoms with Crippen LogP contribution in [0.2, 0.25) is 0 Å². The van der Waals surface area contributed by atoms with Gasteiger partial charge in [0.05, 0.1) is 4.90 Å². The summed E-state index contributed by atoms with van der Waals surface area (Å²) >= 11 is 0. The van der Waals surface area contributed by atoms with E-state index in [-0.39, 0.29) is 10.5 Å². The van der Waals surface area contributed by atoms with E-state index in [4.69, 9.17) is 0 Å². The number of nitrogens with one attached hydrogen (secondary N) is 1. The number of pyridine rings is 1. The molecule has 112 valence electrons. The predicted octanol–water partition coefficient (Wildman–Crippen LogP) is 1.63. The zero-order valence-electron chi connectivity index (χ0n) is 11.8. The highest BCUT2D eigenvalue weighted by Gasteiger charge is 2.22. The average Bonchev–Trinajstić information content (AvgIpc) is 2.49. The molecular weight excluding hydrogens is 288 g/mol. The van der Waals surface area contributed by atoms with Crippen molar-refractivity contribution in [3.63, 3.8) is 0 Å². The van der Waals surface area contributed by atoms with Crippen molar-refractivity contribution in [2.24, 2.45) is 0 Å². The van der Waals surface area contributed by atoms with Crippen molar-refractivity contribution in [1.29, 1.82) is 0 Å². The number of hydrogen-bond acceptors (Lipinski definition) is 3. The predicted molar refractivity (Wildman–Crippen MR) is 81.6 cm³/mol. The topological polar surface area (TPSA) is 70.2 Å². The van der Waals surface area contributed by atoms with Gasteiger partial charge in [0.25, 0.3) is 0 Å². The van der Waals surface area contributed by atoms with Gasteiger partial charge in [-0.05, 0) is 18.1 Å². The van der Waals surface area contributed by atoms with Gasteiger partial charge in [-0.3, -0.25) is 4.79 Å². The van der Waals surface area contributed by atoms with Crippen LogP contribution in [0.3, 0.4) is 0 Å². The number of rotatable bonds is 6. The van der Waals surface area contributed by atoms with Crippen molar-refractivity contribution in [3.8, 4) is 0 Å². The lowest BCUT2D eigenvalue weighted by Crippen LogP contribution is -2.33. The van der Waals surface area contributed by atoms with Crippen LogP contribution in [0.15, 0.2) is 58.4 Å². The molecule has 2 aromatic rings. The van der Waals surface area contributed by atoms with Crippen molar-refractivity contribution < 1.29 is 8.42 Å². The van der Waals surface area contributed by atoms with Gasteiger partial charge in [-0.25, -0.2) is 8.42 Å². The average molecular weight is 306 g/mol. The fourth-order valence-corrected chi connectivity index (χ4v) is 3.47. The molecular formula is C15H18N2O3S. The summed E-state index contributed by atoms with van der Waals surface area (Å²) < 4.78 is 26.4. The Bertz CT molecular complexity index is 719. The Labute approximate surface area is 124 Å². The van der Waals surface area contributed by atoms with Crippen LogP contribution >= 0.6 is 0 Å². The summed E-state index contributed by atoms with van der Waals surface area (Å²) in [6.07, 6.45) is 1.89. The van der Waals surface area contributed by atoms with E-state index >= 15 is 0 Å². The van der Waals surface area contributed by atoms with Crippen molar-refractivity contribution in [2.75, 3.05) is 13.1 Å². The number of sulfonamides is 1. The minimum absolute atomic E-state index is 0.108. The molecule has 1 N–H and O–H groups in total. The minimum Gasteiger partial charge on any atom is -0.328 e. The summed E-state index contributed by atoms with van der Waals surface area (Å²) in [5.41, 5.74) is 0.772. The summed E-state index contributed by atoms with van der Waals surface area (Å²) in [4.78, 5) is 13.5. The molecule has 6 heteroatoms. The molecule has 0 saturated heterocycles. The van der Waals surface area contributed by atoms with Gasteiger partial charge in [-0.15, -0.1) is 0 Å². The van der Waals surface area contributed by atoms with Gasteiger partial charge < -0.3 is 4.98 Å². The zero-order chi connectivity index (χ0) is 15.3. The van der Waals surface area contributed by atoms with Crippen LogP contribution in [-0.2, 0) is 16.4 Å². The molecule has 1 aromatic carbocycles. The Balaban J connectivity index is 2.16. The van der Waals surface area contributed by atoms with Crippen molar-refractivity contribution >= 4 is 10.0 Å². The summed E-state index contributed by atoms with van der Waals surface area (Å²) in [6.45, 7) is 2.59. The molecule has 0 aliphatic carbocycles. The second-order valence-corrected chi connectivity index (χ2v) is 6.56. The molecule has 0 aliphatic heterocycles. The lowest BCUT2D eigenvalue weighted by Gasteiger charge is -2.20. The fourth-order valence-electron chi connectivity index (χ4n) is 2.05. The Morgan fingerprint density at radius 1 is 1.10 bits per heavy atom. The molecule has 1 heterocycles. The van der Waals surface area contributed by atoms with E-state index in [9.17, 15) is 13.2 Å². The first-order valence-electron chi connectivity index (χ1n) is 6.77. The standard InChI is InChI=1S/C15H18N2O3S/c1-2-17(11-10-13-6-4-3-5-7-13)21(19,20)14-8-9-15(18)16-12-14/h3-9,12H,2,10-11H2,1H3,(H,16,18). The van der Waals surface area contributed by atoms with E-state index in [2.05, 4.69) is 4.98 Å². The molecule has 0 amide bonds. The van der Waals surface area contributed by atoms with E-state index in [1.807, 2.05) is 30.3 Å². The van der Waals surface area contributed by atoms with Crippen molar-refractivity contribution in [1.82, 2.24) is 9.29 Å². The normalized spacial score (nSPS) is 11.7. The van der Waals surface area contributed by atoms with E-state index in [0.29, 0.717) is 19.5 Å². The van der Waals surface area contributed by atoms with E-state index in [0.717, 1.165) is 5.56 Å². The van der Waals surface area contributed by atoms with Gasteiger partial charge in [0.2, 0.25) is 15.6 Å². The maximum atomic E-state index is 12.5. The van der Waals surface area contributed by atoms with Crippen molar-refractivity contribution in [2.45, 2.75) is 18.2 Å². The minimum atomic E-state index is -3.57. The highest BCUT2D eigenvalue weighted by molar-refractivity contribution is 7.89. The Kier molecular flexibility index (Phi) is 4.93. The highest BCUT2D eigenvalue weighted by Crippen LogP contribution is 2.14. The molecule has 0 spiro atoms. The third-order valence-corrected chi connectivity index (χ3v) is 5.21. The lowest BCUT2D eigenvalue weighted by atomic mass is 10.1. The van der Waals surface area contributed by atoms with E-state index < -0.39 is 10.0 Å². The molecule has 1 aromatic heterocycles. The Morgan fingerprint density at radius 2 is 1.81 bits per heavy atom. The first-order valence-corrected chi connectivity index (χ1v) is 8.21. The maximum absolute atomic E-state index is 12.5. The molecule has 0 unspecified atom stereocenters. The van der Waals surface area contributed by atoms with E-state index in [1.165, 1.54) is 22.6 Å². The summed E-state index contributed by atoms with van der Waals surface area (Å²) in [7, 11) is -3.57. The third kappa shape index (κ3) is 3.80. The molecule has 2 rings (SSSR count). The van der Waals surface area contributed by atoms with Crippen LogP contribution in [0, 0.1) is 0 Å². The quantitative estimate of drug-likeness (QED) is 0.882. The van der Waals surface area contributed by atoms with Crippen LogP contribution < -0.4 is 5.56 Å². The summed E-state index contributed by atoms with van der Waals surface area (Å²) in [6, 6.07) is 12.3. The first kappa shape index (κ1) is 15.5. The lowest BCUT2D eigenvalue weighted by molar-refractivity contribution is 0.431. The Morgan fingerprint density at radius 3 is 2.38 bits per heavy atom. The van der Waals surface area contributed by atoms with E-state index in [1.54, 1.807) is 6.92 Å². The number of H-pyrrole nitrogens is 1. The SMILES string of the molecule is CCN(CCc1ccccc1)S(=O)(=O)c1ccc(=O)[nH]c1. The van der Waals surface area contributed by atoms with Gasteiger partial charge in [-0.1, -0.05) is 37.3 Å². The number of nitrogens with zero attached hydrogens (tertiary/aromatic N) is 1. The van der Waals surface area contributed by atoms with Crippen LogP contribution in [0.5, 0.6) is 0 Å². The largest absolute Gasteiger partial charge is 0.328 e.